The maximum absolute atomic E-state index is 4.45. The Balaban J connectivity index is 2.10. The Labute approximate surface area is 128 Å². The molecule has 3 heteroatoms. The second-order valence-corrected chi connectivity index (χ2v) is 5.50. The summed E-state index contributed by atoms with van der Waals surface area (Å²) in [5.74, 6) is 0.973. The summed E-state index contributed by atoms with van der Waals surface area (Å²) in [6.07, 6.45) is 4.03. The van der Waals surface area contributed by atoms with Crippen LogP contribution in [0.25, 0.3) is 0 Å². The Hall–Kier alpha value is -2.03. The molecule has 0 fully saturated rings. The van der Waals surface area contributed by atoms with E-state index in [1.54, 1.807) is 0 Å². The van der Waals surface area contributed by atoms with Crippen molar-refractivity contribution >= 4 is 11.5 Å². The fourth-order valence-electron chi connectivity index (χ4n) is 2.34. The van der Waals surface area contributed by atoms with Gasteiger partial charge >= 0.3 is 0 Å². The van der Waals surface area contributed by atoms with E-state index in [9.17, 15) is 0 Å². The molecule has 0 aliphatic rings. The monoisotopic (exact) mass is 283 g/mol. The summed E-state index contributed by atoms with van der Waals surface area (Å²) in [6, 6.07) is 13.3. The van der Waals surface area contributed by atoms with Gasteiger partial charge < -0.3 is 10.2 Å². The smallest absolute Gasteiger partial charge is 0.128 e. The first-order valence-electron chi connectivity index (χ1n) is 7.62. The van der Waals surface area contributed by atoms with Gasteiger partial charge in [0.1, 0.15) is 5.82 Å². The van der Waals surface area contributed by atoms with E-state index < -0.39 is 0 Å². The summed E-state index contributed by atoms with van der Waals surface area (Å²) in [4.78, 5) is 6.45. The molecule has 0 spiro atoms. The number of pyridine rings is 1. The molecule has 1 heterocycles. The number of aryl methyl sites for hydroxylation is 1. The summed E-state index contributed by atoms with van der Waals surface area (Å²) in [6.45, 7) is 4.38. The Morgan fingerprint density at radius 2 is 1.76 bits per heavy atom. The van der Waals surface area contributed by atoms with Crippen molar-refractivity contribution in [2.75, 3.05) is 24.3 Å². The van der Waals surface area contributed by atoms with Gasteiger partial charge in [-0.15, -0.1) is 0 Å². The van der Waals surface area contributed by atoms with Gasteiger partial charge in [0.2, 0.25) is 0 Å². The van der Waals surface area contributed by atoms with Crippen molar-refractivity contribution in [1.82, 2.24) is 4.98 Å². The Bertz CT molecular complexity index is 544. The molecule has 0 radical (unpaired) electrons. The van der Waals surface area contributed by atoms with Gasteiger partial charge in [0.15, 0.2) is 0 Å². The highest BCUT2D eigenvalue weighted by Crippen LogP contribution is 2.23. The quantitative estimate of drug-likeness (QED) is 0.858. The molecule has 21 heavy (non-hydrogen) atoms. The molecule has 0 bridgehead atoms. The van der Waals surface area contributed by atoms with Crippen LogP contribution in [0.3, 0.4) is 0 Å². The van der Waals surface area contributed by atoms with Crippen LogP contribution in [0.15, 0.2) is 42.6 Å². The average Bonchev–Trinajstić information content (AvgIpc) is 2.53. The summed E-state index contributed by atoms with van der Waals surface area (Å²) in [5, 5.41) is 3.57. The van der Waals surface area contributed by atoms with Gasteiger partial charge in [-0.2, -0.15) is 0 Å². The minimum atomic E-state index is 0.322. The van der Waals surface area contributed by atoms with Crippen LogP contribution in [0, 0.1) is 0 Å². The lowest BCUT2D eigenvalue weighted by atomic mass is 10.0. The van der Waals surface area contributed by atoms with E-state index in [1.165, 1.54) is 11.1 Å². The molecule has 112 valence electrons. The largest absolute Gasteiger partial charge is 0.377 e. The summed E-state index contributed by atoms with van der Waals surface area (Å²) >= 11 is 0. The first-order chi connectivity index (χ1) is 10.1. The second kappa shape index (κ2) is 7.11. The van der Waals surface area contributed by atoms with Crippen molar-refractivity contribution in [2.24, 2.45) is 0 Å². The number of hydrogen-bond donors (Lipinski definition) is 1. The normalized spacial score (nSPS) is 12.0. The minimum absolute atomic E-state index is 0.322. The molecule has 0 saturated carbocycles. The number of rotatable bonds is 6. The topological polar surface area (TPSA) is 28.2 Å². The highest BCUT2D eigenvalue weighted by Gasteiger charge is 2.09. The molecule has 1 unspecified atom stereocenters. The van der Waals surface area contributed by atoms with E-state index in [1.807, 2.05) is 31.3 Å². The zero-order valence-electron chi connectivity index (χ0n) is 13.4. The second-order valence-electron chi connectivity index (χ2n) is 5.50. The third-order valence-corrected chi connectivity index (χ3v) is 3.75. The van der Waals surface area contributed by atoms with Crippen LogP contribution in [0.4, 0.5) is 11.5 Å². The molecule has 0 saturated heterocycles. The van der Waals surface area contributed by atoms with Crippen LogP contribution >= 0.6 is 0 Å². The van der Waals surface area contributed by atoms with Crippen molar-refractivity contribution in [2.45, 2.75) is 32.7 Å². The van der Waals surface area contributed by atoms with Crippen molar-refractivity contribution in [3.63, 3.8) is 0 Å². The number of benzene rings is 1. The molecule has 1 N–H and O–H groups in total. The number of aromatic nitrogens is 1. The van der Waals surface area contributed by atoms with Crippen LogP contribution in [-0.4, -0.2) is 19.1 Å². The van der Waals surface area contributed by atoms with Gasteiger partial charge in [0.05, 0.1) is 17.9 Å². The first kappa shape index (κ1) is 15.4. The van der Waals surface area contributed by atoms with Gasteiger partial charge in [-0.3, -0.25) is 0 Å². The Kier molecular flexibility index (Phi) is 5.20. The van der Waals surface area contributed by atoms with Crippen molar-refractivity contribution in [1.29, 1.82) is 0 Å². The highest BCUT2D eigenvalue weighted by molar-refractivity contribution is 5.49. The number of hydrogen-bond acceptors (Lipinski definition) is 3. The molecule has 2 rings (SSSR count). The molecule has 1 aromatic heterocycles. The predicted molar refractivity (Wildman–Crippen MR) is 91.0 cm³/mol. The van der Waals surface area contributed by atoms with E-state index in [-0.39, 0.29) is 0 Å². The van der Waals surface area contributed by atoms with E-state index in [4.69, 9.17) is 0 Å². The molecule has 3 nitrogen and oxygen atoms in total. The summed E-state index contributed by atoms with van der Waals surface area (Å²) in [7, 11) is 4.00. The molecule has 1 atom stereocenters. The van der Waals surface area contributed by atoms with Crippen molar-refractivity contribution in [3.05, 3.63) is 53.7 Å². The summed E-state index contributed by atoms with van der Waals surface area (Å²) < 4.78 is 0. The molecule has 0 aliphatic heterocycles. The SMILES string of the molecule is CCc1ccc(C(CC)Nc2ccc(N(C)C)nc2)cc1. The lowest BCUT2D eigenvalue weighted by Gasteiger charge is -2.19. The van der Waals surface area contributed by atoms with Crippen LogP contribution in [0.1, 0.15) is 37.4 Å². The van der Waals surface area contributed by atoms with Gasteiger partial charge in [-0.1, -0.05) is 38.1 Å². The third kappa shape index (κ3) is 3.97. The lowest BCUT2D eigenvalue weighted by molar-refractivity contribution is 0.748. The molecular weight excluding hydrogens is 258 g/mol. The standard InChI is InChI=1S/C18H25N3/c1-5-14-7-9-15(10-8-14)17(6-2)20-16-11-12-18(19-13-16)21(3)4/h7-13,17,20H,5-6H2,1-4H3. The Morgan fingerprint density at radius 3 is 2.24 bits per heavy atom. The van der Waals surface area contributed by atoms with E-state index in [0.29, 0.717) is 6.04 Å². The van der Waals surface area contributed by atoms with Gasteiger partial charge in [0, 0.05) is 14.1 Å². The minimum Gasteiger partial charge on any atom is -0.377 e. The number of anilines is 2. The van der Waals surface area contributed by atoms with Crippen LogP contribution in [0.2, 0.25) is 0 Å². The molecular formula is C18H25N3. The van der Waals surface area contributed by atoms with Gasteiger partial charge in [-0.05, 0) is 36.1 Å². The molecule has 0 aliphatic carbocycles. The molecule has 0 amide bonds. The third-order valence-electron chi connectivity index (χ3n) is 3.75. The maximum Gasteiger partial charge on any atom is 0.128 e. The van der Waals surface area contributed by atoms with Gasteiger partial charge in [-0.25, -0.2) is 4.98 Å². The van der Waals surface area contributed by atoms with Crippen molar-refractivity contribution < 1.29 is 0 Å². The van der Waals surface area contributed by atoms with Crippen LogP contribution < -0.4 is 10.2 Å². The van der Waals surface area contributed by atoms with Crippen LogP contribution in [-0.2, 0) is 6.42 Å². The predicted octanol–water partition coefficient (Wildman–Crippen LogP) is 4.27. The van der Waals surface area contributed by atoms with E-state index in [0.717, 1.165) is 24.3 Å². The number of nitrogens with zero attached hydrogens (tertiary/aromatic N) is 2. The lowest BCUT2D eigenvalue weighted by Crippen LogP contribution is -2.12. The maximum atomic E-state index is 4.45. The fraction of sp³-hybridized carbons (Fsp3) is 0.389. The zero-order chi connectivity index (χ0) is 15.2. The first-order valence-corrected chi connectivity index (χ1v) is 7.62. The zero-order valence-corrected chi connectivity index (χ0v) is 13.4. The van der Waals surface area contributed by atoms with Gasteiger partial charge in [0.25, 0.3) is 0 Å². The Morgan fingerprint density at radius 1 is 1.05 bits per heavy atom. The van der Waals surface area contributed by atoms with E-state index >= 15 is 0 Å². The fourth-order valence-corrected chi connectivity index (χ4v) is 2.34. The summed E-state index contributed by atoms with van der Waals surface area (Å²) in [5.41, 5.74) is 3.77. The highest BCUT2D eigenvalue weighted by atomic mass is 15.1. The molecule has 2 aromatic rings. The average molecular weight is 283 g/mol. The van der Waals surface area contributed by atoms with Crippen molar-refractivity contribution in [3.8, 4) is 0 Å². The molecule has 1 aromatic carbocycles. The van der Waals surface area contributed by atoms with E-state index in [2.05, 4.69) is 54.5 Å². The number of nitrogens with one attached hydrogen (secondary N) is 1. The van der Waals surface area contributed by atoms with Crippen LogP contribution in [0.5, 0.6) is 0 Å².